The maximum absolute atomic E-state index is 11.7. The summed E-state index contributed by atoms with van der Waals surface area (Å²) < 4.78 is 6.41. The van der Waals surface area contributed by atoms with E-state index in [-0.39, 0.29) is 43.5 Å². The molecule has 5 heteroatoms. The summed E-state index contributed by atoms with van der Waals surface area (Å²) in [4.78, 5) is 16.4. The normalized spacial score (nSPS) is 11.9. The Bertz CT molecular complexity index is 1740. The minimum atomic E-state index is 0. The monoisotopic (exact) mass is 749 g/mol. The Morgan fingerprint density at radius 3 is 2.23 bits per heavy atom. The summed E-state index contributed by atoms with van der Waals surface area (Å²) in [5, 5.41) is 14.4. The third-order valence-electron chi connectivity index (χ3n) is 8.31. The molecule has 0 amide bonds. The predicted octanol–water partition coefficient (Wildman–Crippen LogP) is 10.5. The van der Waals surface area contributed by atoms with Crippen molar-refractivity contribution in [2.75, 3.05) is 0 Å². The Hall–Kier alpha value is -3.79. The molecule has 2 heterocycles. The number of aromatic nitrogens is 1. The van der Waals surface area contributed by atoms with E-state index in [1.54, 1.807) is 0 Å². The smallest absolute Gasteiger partial charge is 0.162 e. The number of benzene rings is 4. The number of fused-ring (bicyclic) bond motifs is 3. The Kier molecular flexibility index (Phi) is 10.9. The fraction of sp³-hybridized carbons (Fsp3) is 0.263. The average Bonchev–Trinajstić information content (AvgIpc) is 3.02. The van der Waals surface area contributed by atoms with Crippen LogP contribution < -0.4 is 4.74 Å². The Balaban J connectivity index is 0.000000230. The first-order valence-electron chi connectivity index (χ1n) is 15.0. The summed E-state index contributed by atoms with van der Waals surface area (Å²) in [5.74, 6) is 2.26. The van der Waals surface area contributed by atoms with Gasteiger partial charge in [-0.1, -0.05) is 93.4 Å². The standard InChI is InChI=1S/C25H14NO.C13H24O2.Ir/c1-2-9-18-16(6-1)14-15-26-24(18)21-12-5-11-20-19-10-3-7-17-8-4-13-22(23(17)19)27-25(20)21;1-5-10(6-2)12(14)9-13(15)11(7-3)8-4;/h1-11,13-15H;9-11,14H,5-8H2,1-4H3;/q-1;;/b;12-9-;. The van der Waals surface area contributed by atoms with Crippen molar-refractivity contribution in [2.24, 2.45) is 11.8 Å². The van der Waals surface area contributed by atoms with E-state index in [0.29, 0.717) is 0 Å². The molecule has 4 aromatic carbocycles. The minimum Gasteiger partial charge on any atom is -0.512 e. The summed E-state index contributed by atoms with van der Waals surface area (Å²) in [6, 6.07) is 30.3. The molecule has 4 nitrogen and oxygen atoms in total. The topological polar surface area (TPSA) is 59.4 Å². The Labute approximate surface area is 268 Å². The number of allylic oxidation sites excluding steroid dienone is 2. The number of hydrogen-bond donors (Lipinski definition) is 1. The van der Waals surface area contributed by atoms with Crippen LogP contribution in [0.15, 0.2) is 96.9 Å². The molecule has 223 valence electrons. The van der Waals surface area contributed by atoms with E-state index in [0.717, 1.165) is 70.2 Å². The number of rotatable bonds is 8. The maximum atomic E-state index is 11.7. The molecule has 0 fully saturated rings. The molecular formula is C38H38IrNO3-. The van der Waals surface area contributed by atoms with Gasteiger partial charge in [-0.2, -0.15) is 0 Å². The van der Waals surface area contributed by atoms with E-state index < -0.39 is 0 Å². The number of carbonyl (C=O) groups excluding carboxylic acids is 1. The van der Waals surface area contributed by atoms with Gasteiger partial charge in [-0.15, -0.1) is 18.2 Å². The number of ketones is 1. The van der Waals surface area contributed by atoms with Gasteiger partial charge in [0, 0.05) is 49.6 Å². The molecular weight excluding hydrogens is 711 g/mol. The van der Waals surface area contributed by atoms with Crippen LogP contribution in [0, 0.1) is 17.9 Å². The van der Waals surface area contributed by atoms with E-state index in [1.165, 1.54) is 17.0 Å². The fourth-order valence-corrected chi connectivity index (χ4v) is 5.80. The van der Waals surface area contributed by atoms with Crippen molar-refractivity contribution in [2.45, 2.75) is 53.4 Å². The molecule has 0 saturated carbocycles. The first-order chi connectivity index (χ1) is 20.5. The second-order valence-corrected chi connectivity index (χ2v) is 10.7. The van der Waals surface area contributed by atoms with Gasteiger partial charge < -0.3 is 14.8 Å². The second-order valence-electron chi connectivity index (χ2n) is 10.7. The number of nitrogens with zero attached hydrogens (tertiary/aromatic N) is 1. The third kappa shape index (κ3) is 6.59. The molecule has 43 heavy (non-hydrogen) atoms. The zero-order valence-electron chi connectivity index (χ0n) is 25.2. The molecule has 1 aliphatic rings. The molecule has 6 rings (SSSR count). The summed E-state index contributed by atoms with van der Waals surface area (Å²) in [6.45, 7) is 8.07. The molecule has 0 spiro atoms. The number of aliphatic hydroxyl groups is 1. The van der Waals surface area contributed by atoms with Crippen LogP contribution >= 0.6 is 0 Å². The van der Waals surface area contributed by atoms with Crippen molar-refractivity contribution >= 4 is 27.3 Å². The first-order valence-corrected chi connectivity index (χ1v) is 15.0. The molecule has 0 unspecified atom stereocenters. The largest absolute Gasteiger partial charge is 0.512 e. The zero-order chi connectivity index (χ0) is 29.6. The molecule has 0 aliphatic carbocycles. The van der Waals surface area contributed by atoms with Crippen molar-refractivity contribution in [3.8, 4) is 33.9 Å². The molecule has 1 aliphatic heterocycles. The van der Waals surface area contributed by atoms with Gasteiger partial charge in [0.15, 0.2) is 5.78 Å². The second kappa shape index (κ2) is 14.6. The number of carbonyl (C=O) groups is 1. The van der Waals surface area contributed by atoms with Crippen LogP contribution in [0.3, 0.4) is 0 Å². The molecule has 1 aromatic heterocycles. The molecule has 5 aromatic rings. The van der Waals surface area contributed by atoms with Crippen LogP contribution in [0.2, 0.25) is 0 Å². The van der Waals surface area contributed by atoms with Crippen molar-refractivity contribution in [3.05, 3.63) is 103 Å². The number of hydrogen-bond acceptors (Lipinski definition) is 4. The maximum Gasteiger partial charge on any atom is 0.162 e. The van der Waals surface area contributed by atoms with Crippen molar-refractivity contribution in [1.29, 1.82) is 0 Å². The van der Waals surface area contributed by atoms with Gasteiger partial charge in [0.05, 0.1) is 11.5 Å². The minimum absolute atomic E-state index is 0. The summed E-state index contributed by atoms with van der Waals surface area (Å²) >= 11 is 0. The summed E-state index contributed by atoms with van der Waals surface area (Å²) in [6.07, 6.45) is 6.76. The van der Waals surface area contributed by atoms with Gasteiger partial charge in [-0.3, -0.25) is 4.79 Å². The summed E-state index contributed by atoms with van der Waals surface area (Å²) in [7, 11) is 0. The SMILES string of the molecule is CCC(CC)C(=O)/C=C(\O)C(CC)CC.[Ir].[c-]1ccc2c(c1-c1nccc3ccccc13)Oc1cccc3cccc-2c13. The van der Waals surface area contributed by atoms with Crippen molar-refractivity contribution in [3.63, 3.8) is 0 Å². The number of aliphatic hydroxyl groups excluding tert-OH is 1. The summed E-state index contributed by atoms with van der Waals surface area (Å²) in [5.41, 5.74) is 4.08. The molecule has 1 N–H and O–H groups in total. The van der Waals surface area contributed by atoms with E-state index in [9.17, 15) is 9.90 Å². The molecule has 0 atom stereocenters. The fourth-order valence-electron chi connectivity index (χ4n) is 5.80. The Morgan fingerprint density at radius 1 is 0.837 bits per heavy atom. The van der Waals surface area contributed by atoms with Gasteiger partial charge in [0.2, 0.25) is 0 Å². The zero-order valence-corrected chi connectivity index (χ0v) is 27.6. The van der Waals surface area contributed by atoms with Gasteiger partial charge in [0.25, 0.3) is 0 Å². The number of ether oxygens (including phenoxy) is 1. The van der Waals surface area contributed by atoms with Crippen LogP contribution in [0.4, 0.5) is 0 Å². The van der Waals surface area contributed by atoms with Crippen molar-refractivity contribution < 1.29 is 34.7 Å². The van der Waals surface area contributed by atoms with Gasteiger partial charge in [0.1, 0.15) is 5.75 Å². The number of pyridine rings is 1. The van der Waals surface area contributed by atoms with Crippen LogP contribution in [-0.2, 0) is 24.9 Å². The van der Waals surface area contributed by atoms with Gasteiger partial charge >= 0.3 is 0 Å². The van der Waals surface area contributed by atoms with Crippen LogP contribution in [0.1, 0.15) is 53.4 Å². The average molecular weight is 749 g/mol. The molecule has 0 saturated heterocycles. The van der Waals surface area contributed by atoms with Crippen molar-refractivity contribution in [1.82, 2.24) is 4.98 Å². The third-order valence-corrected chi connectivity index (χ3v) is 8.31. The van der Waals surface area contributed by atoms with Crippen LogP contribution in [0.5, 0.6) is 11.5 Å². The Morgan fingerprint density at radius 2 is 1.51 bits per heavy atom. The van der Waals surface area contributed by atoms with E-state index in [4.69, 9.17) is 4.74 Å². The molecule has 0 bridgehead atoms. The van der Waals surface area contributed by atoms with E-state index in [2.05, 4.69) is 53.5 Å². The quantitative estimate of drug-likeness (QED) is 0.0957. The van der Waals surface area contributed by atoms with Gasteiger partial charge in [-0.05, 0) is 65.2 Å². The van der Waals surface area contributed by atoms with E-state index in [1.807, 2.05) is 70.3 Å². The van der Waals surface area contributed by atoms with Crippen LogP contribution in [-0.4, -0.2) is 15.9 Å². The predicted molar refractivity (Wildman–Crippen MR) is 173 cm³/mol. The van der Waals surface area contributed by atoms with Gasteiger partial charge in [-0.25, -0.2) is 0 Å². The molecule has 1 radical (unpaired) electrons. The first kappa shape index (κ1) is 32.1. The van der Waals surface area contributed by atoms with Crippen LogP contribution in [0.25, 0.3) is 43.9 Å². The van der Waals surface area contributed by atoms with E-state index >= 15 is 0 Å².